The number of carbonyl (C=O) groups is 1. The molecule has 1 aromatic carbocycles. The van der Waals surface area contributed by atoms with Crippen molar-refractivity contribution in [2.24, 2.45) is 0 Å². The van der Waals surface area contributed by atoms with Crippen LogP contribution in [-0.4, -0.2) is 32.7 Å². The number of aryl methyl sites for hydroxylation is 1. The summed E-state index contributed by atoms with van der Waals surface area (Å²) in [6.07, 6.45) is 3.12. The van der Waals surface area contributed by atoms with Gasteiger partial charge in [0.2, 0.25) is 5.91 Å². The number of anilines is 1. The lowest BCUT2D eigenvalue weighted by molar-refractivity contribution is -0.116. The zero-order chi connectivity index (χ0) is 23.1. The van der Waals surface area contributed by atoms with Crippen molar-refractivity contribution in [1.29, 1.82) is 0 Å². The van der Waals surface area contributed by atoms with E-state index in [2.05, 4.69) is 10.3 Å². The van der Waals surface area contributed by atoms with E-state index in [-0.39, 0.29) is 24.8 Å². The molecule has 0 spiro atoms. The number of pyridine rings is 1. The molecular weight excluding hydrogens is 464 g/mol. The van der Waals surface area contributed by atoms with Crippen LogP contribution in [0.25, 0.3) is 20.4 Å². The Morgan fingerprint density at radius 3 is 2.91 bits per heavy atom. The van der Waals surface area contributed by atoms with Crippen molar-refractivity contribution < 1.29 is 9.53 Å². The molecule has 0 saturated carbocycles. The number of fused-ring (bicyclic) bond motifs is 3. The van der Waals surface area contributed by atoms with E-state index in [1.54, 1.807) is 30.5 Å². The third-order valence-electron chi connectivity index (χ3n) is 5.78. The van der Waals surface area contributed by atoms with Gasteiger partial charge < -0.3 is 10.1 Å². The van der Waals surface area contributed by atoms with E-state index in [9.17, 15) is 14.4 Å². The van der Waals surface area contributed by atoms with Crippen molar-refractivity contribution in [3.8, 4) is 0 Å². The van der Waals surface area contributed by atoms with E-state index in [1.165, 1.54) is 20.5 Å². The SMILES string of the molecule is Cc1ccc(NC(=O)Cn2c(=O)n(C[C@H]3CCCO3)c(=O)c3sc4ncccc4c32)cc1Cl. The Hall–Kier alpha value is -3.01. The van der Waals surface area contributed by atoms with Crippen LogP contribution in [0.4, 0.5) is 5.69 Å². The van der Waals surface area contributed by atoms with Gasteiger partial charge in [0.1, 0.15) is 16.1 Å². The molecule has 5 rings (SSSR count). The molecule has 1 aliphatic rings. The smallest absolute Gasteiger partial charge is 0.332 e. The van der Waals surface area contributed by atoms with E-state index < -0.39 is 11.6 Å². The number of hydrogen-bond donors (Lipinski definition) is 1. The van der Waals surface area contributed by atoms with Gasteiger partial charge in [0, 0.05) is 28.9 Å². The van der Waals surface area contributed by atoms with Crippen LogP contribution in [0, 0.1) is 6.92 Å². The molecule has 1 amide bonds. The molecule has 1 N–H and O–H groups in total. The van der Waals surface area contributed by atoms with Gasteiger partial charge in [-0.2, -0.15) is 0 Å². The first-order valence-corrected chi connectivity index (χ1v) is 11.8. The molecule has 1 fully saturated rings. The van der Waals surface area contributed by atoms with Gasteiger partial charge in [-0.15, -0.1) is 11.3 Å². The quantitative estimate of drug-likeness (QED) is 0.467. The highest BCUT2D eigenvalue weighted by Crippen LogP contribution is 2.29. The monoisotopic (exact) mass is 484 g/mol. The molecule has 4 heterocycles. The molecule has 0 bridgehead atoms. The lowest BCUT2D eigenvalue weighted by Gasteiger charge is -2.15. The van der Waals surface area contributed by atoms with Gasteiger partial charge >= 0.3 is 5.69 Å². The lowest BCUT2D eigenvalue weighted by atomic mass is 10.2. The Morgan fingerprint density at radius 2 is 2.15 bits per heavy atom. The predicted molar refractivity (Wildman–Crippen MR) is 129 cm³/mol. The Morgan fingerprint density at radius 1 is 1.30 bits per heavy atom. The Balaban J connectivity index is 1.60. The summed E-state index contributed by atoms with van der Waals surface area (Å²) in [6, 6.07) is 8.77. The van der Waals surface area contributed by atoms with Crippen molar-refractivity contribution >= 4 is 55.0 Å². The number of rotatable bonds is 5. The zero-order valence-corrected chi connectivity index (χ0v) is 19.4. The molecular formula is C23H21ClN4O4S. The minimum atomic E-state index is -0.538. The maximum Gasteiger partial charge on any atom is 0.332 e. The maximum absolute atomic E-state index is 13.5. The summed E-state index contributed by atoms with van der Waals surface area (Å²) in [5, 5.41) is 3.99. The Kier molecular flexibility index (Phi) is 5.77. The van der Waals surface area contributed by atoms with Crippen LogP contribution in [0.3, 0.4) is 0 Å². The van der Waals surface area contributed by atoms with Crippen molar-refractivity contribution in [1.82, 2.24) is 14.1 Å². The first kappa shape index (κ1) is 21.8. The number of benzene rings is 1. The molecule has 0 radical (unpaired) electrons. The normalized spacial score (nSPS) is 16.0. The van der Waals surface area contributed by atoms with Gasteiger partial charge in [-0.1, -0.05) is 17.7 Å². The Labute approximate surface area is 197 Å². The van der Waals surface area contributed by atoms with Crippen LogP contribution >= 0.6 is 22.9 Å². The highest BCUT2D eigenvalue weighted by Gasteiger charge is 2.24. The number of nitrogens with one attached hydrogen (secondary N) is 1. The number of carbonyl (C=O) groups excluding carboxylic acids is 1. The summed E-state index contributed by atoms with van der Waals surface area (Å²) in [4.78, 5) is 44.7. The van der Waals surface area contributed by atoms with E-state index in [0.717, 1.165) is 18.4 Å². The fourth-order valence-electron chi connectivity index (χ4n) is 4.10. The first-order chi connectivity index (χ1) is 15.9. The topological polar surface area (TPSA) is 95.2 Å². The summed E-state index contributed by atoms with van der Waals surface area (Å²) in [5.74, 6) is -0.399. The summed E-state index contributed by atoms with van der Waals surface area (Å²) in [6.45, 7) is 2.39. The minimum Gasteiger partial charge on any atom is -0.376 e. The summed E-state index contributed by atoms with van der Waals surface area (Å²) < 4.78 is 8.59. The summed E-state index contributed by atoms with van der Waals surface area (Å²) >= 11 is 7.39. The molecule has 170 valence electrons. The first-order valence-electron chi connectivity index (χ1n) is 10.6. The standard InChI is InChI=1S/C23H21ClN4O4S/c1-13-6-7-14(10-17(13)24)26-18(29)12-27-19-16-5-2-8-25-21(16)33-20(19)22(30)28(23(27)31)11-15-4-3-9-32-15/h2,5-8,10,15H,3-4,9,11-12H2,1H3,(H,26,29)/t15-/m1/s1. The van der Waals surface area contributed by atoms with Crippen LogP contribution in [0.5, 0.6) is 0 Å². The van der Waals surface area contributed by atoms with Crippen molar-refractivity contribution in [3.63, 3.8) is 0 Å². The van der Waals surface area contributed by atoms with Gasteiger partial charge in [0.25, 0.3) is 5.56 Å². The van der Waals surface area contributed by atoms with Crippen LogP contribution in [0.15, 0.2) is 46.1 Å². The average molecular weight is 485 g/mol. The predicted octanol–water partition coefficient (Wildman–Crippen LogP) is 3.55. The summed E-state index contributed by atoms with van der Waals surface area (Å²) in [5.41, 5.74) is 0.938. The van der Waals surface area contributed by atoms with Gasteiger partial charge in [-0.25, -0.2) is 9.78 Å². The number of amides is 1. The molecule has 1 saturated heterocycles. The second kappa shape index (κ2) is 8.74. The molecule has 3 aromatic heterocycles. The molecule has 0 unspecified atom stereocenters. The second-order valence-corrected chi connectivity index (χ2v) is 9.47. The fraction of sp³-hybridized carbons (Fsp3) is 0.304. The van der Waals surface area contributed by atoms with Crippen LogP contribution in [0.1, 0.15) is 18.4 Å². The molecule has 10 heteroatoms. The lowest BCUT2D eigenvalue weighted by Crippen LogP contribution is -2.43. The molecule has 1 atom stereocenters. The van der Waals surface area contributed by atoms with Gasteiger partial charge in [0.15, 0.2) is 0 Å². The largest absolute Gasteiger partial charge is 0.376 e. The number of thiophene rings is 1. The zero-order valence-electron chi connectivity index (χ0n) is 17.8. The van der Waals surface area contributed by atoms with E-state index in [0.29, 0.717) is 37.8 Å². The number of hydrogen-bond acceptors (Lipinski definition) is 6. The minimum absolute atomic E-state index is 0.157. The highest BCUT2D eigenvalue weighted by atomic mass is 35.5. The van der Waals surface area contributed by atoms with E-state index >= 15 is 0 Å². The van der Waals surface area contributed by atoms with Crippen LogP contribution < -0.4 is 16.6 Å². The number of nitrogens with zero attached hydrogens (tertiary/aromatic N) is 3. The Bertz CT molecular complexity index is 1500. The van der Waals surface area contributed by atoms with Gasteiger partial charge in [-0.3, -0.25) is 18.7 Å². The van der Waals surface area contributed by atoms with Crippen LogP contribution in [0.2, 0.25) is 5.02 Å². The second-order valence-electron chi connectivity index (χ2n) is 8.07. The third-order valence-corrected chi connectivity index (χ3v) is 7.28. The fourth-order valence-corrected chi connectivity index (χ4v) is 5.37. The van der Waals surface area contributed by atoms with E-state index in [1.807, 2.05) is 13.0 Å². The van der Waals surface area contributed by atoms with Crippen molar-refractivity contribution in [2.75, 3.05) is 11.9 Å². The van der Waals surface area contributed by atoms with Crippen molar-refractivity contribution in [2.45, 2.75) is 39.0 Å². The third kappa shape index (κ3) is 4.07. The molecule has 0 aliphatic carbocycles. The molecule has 4 aromatic rings. The summed E-state index contributed by atoms with van der Waals surface area (Å²) in [7, 11) is 0. The maximum atomic E-state index is 13.5. The number of ether oxygens (including phenoxy) is 1. The number of aromatic nitrogens is 3. The average Bonchev–Trinajstić information content (AvgIpc) is 3.45. The van der Waals surface area contributed by atoms with Crippen LogP contribution in [-0.2, 0) is 22.6 Å². The molecule has 8 nitrogen and oxygen atoms in total. The van der Waals surface area contributed by atoms with Gasteiger partial charge in [-0.05, 0) is 49.6 Å². The highest BCUT2D eigenvalue weighted by molar-refractivity contribution is 7.25. The van der Waals surface area contributed by atoms with E-state index in [4.69, 9.17) is 16.3 Å². The van der Waals surface area contributed by atoms with Gasteiger partial charge in [0.05, 0.1) is 18.2 Å². The number of halogens is 1. The molecule has 33 heavy (non-hydrogen) atoms. The van der Waals surface area contributed by atoms with Crippen molar-refractivity contribution in [3.05, 3.63) is 68.0 Å². The molecule has 1 aliphatic heterocycles.